The van der Waals surface area contributed by atoms with Crippen LogP contribution in [0.1, 0.15) is 17.3 Å². The fourth-order valence-electron chi connectivity index (χ4n) is 3.37. The monoisotopic (exact) mass is 323 g/mol. The molecule has 0 aliphatic carbocycles. The van der Waals surface area contributed by atoms with E-state index in [1.54, 1.807) is 11.3 Å². The molecule has 1 aromatic heterocycles. The van der Waals surface area contributed by atoms with E-state index in [0.717, 1.165) is 45.8 Å². The topological polar surface area (TPSA) is 36.0 Å². The Bertz CT molecular complexity index is 488. The van der Waals surface area contributed by atoms with Gasteiger partial charge in [-0.1, -0.05) is 6.07 Å². The lowest BCUT2D eigenvalue weighted by molar-refractivity contribution is -0.130. The quantitative estimate of drug-likeness (QED) is 0.818. The number of amides is 1. The number of likely N-dealkylation sites (N-methyl/N-ethyl adjacent to an activating group) is 2. The van der Waals surface area contributed by atoms with Crippen LogP contribution in [0.4, 0.5) is 0 Å². The van der Waals surface area contributed by atoms with Crippen molar-refractivity contribution in [1.29, 1.82) is 0 Å². The molecule has 2 atom stereocenters. The Kier molecular flexibility index (Phi) is 5.13. The predicted molar refractivity (Wildman–Crippen MR) is 88.1 cm³/mol. The van der Waals surface area contributed by atoms with E-state index >= 15 is 0 Å². The molecule has 122 valence electrons. The summed E-state index contributed by atoms with van der Waals surface area (Å²) < 4.78 is 5.49. The zero-order valence-corrected chi connectivity index (χ0v) is 14.2. The van der Waals surface area contributed by atoms with Crippen molar-refractivity contribution in [1.82, 2.24) is 14.7 Å². The Labute approximate surface area is 136 Å². The lowest BCUT2D eigenvalue weighted by Gasteiger charge is -2.37. The van der Waals surface area contributed by atoms with Gasteiger partial charge in [-0.15, -0.1) is 11.3 Å². The molecule has 2 fully saturated rings. The third-order valence-electron chi connectivity index (χ3n) is 4.75. The summed E-state index contributed by atoms with van der Waals surface area (Å²) >= 11 is 1.81. The van der Waals surface area contributed by atoms with Gasteiger partial charge in [0.15, 0.2) is 0 Å². The SMILES string of the molecule is CN1CC[C@H](N(C)C[C@H](c2cccs2)N2CCOCC2)C1=O. The molecule has 1 amide bonds. The molecule has 2 aliphatic rings. The third kappa shape index (κ3) is 3.35. The van der Waals surface area contributed by atoms with E-state index in [1.165, 1.54) is 4.88 Å². The predicted octanol–water partition coefficient (Wildman–Crippen LogP) is 1.28. The van der Waals surface area contributed by atoms with Gasteiger partial charge in [-0.05, 0) is 24.9 Å². The van der Waals surface area contributed by atoms with Crippen LogP contribution >= 0.6 is 11.3 Å². The molecule has 6 heteroatoms. The summed E-state index contributed by atoms with van der Waals surface area (Å²) in [5.41, 5.74) is 0. The van der Waals surface area contributed by atoms with E-state index in [1.807, 2.05) is 11.9 Å². The van der Waals surface area contributed by atoms with E-state index in [2.05, 4.69) is 34.4 Å². The van der Waals surface area contributed by atoms with Crippen LogP contribution in [-0.4, -0.2) is 80.1 Å². The Morgan fingerprint density at radius 2 is 2.18 bits per heavy atom. The van der Waals surface area contributed by atoms with Crippen LogP contribution in [0.15, 0.2) is 17.5 Å². The van der Waals surface area contributed by atoms with Crippen LogP contribution in [0.3, 0.4) is 0 Å². The molecule has 0 aromatic carbocycles. The van der Waals surface area contributed by atoms with Crippen molar-refractivity contribution in [2.75, 3.05) is 53.5 Å². The number of morpholine rings is 1. The molecule has 5 nitrogen and oxygen atoms in total. The van der Waals surface area contributed by atoms with E-state index in [0.29, 0.717) is 6.04 Å². The molecule has 2 aliphatic heterocycles. The minimum atomic E-state index is 0.0357. The molecule has 2 saturated heterocycles. The number of nitrogens with zero attached hydrogens (tertiary/aromatic N) is 3. The summed E-state index contributed by atoms with van der Waals surface area (Å²) in [6.07, 6.45) is 0.937. The maximum atomic E-state index is 12.2. The number of hydrogen-bond acceptors (Lipinski definition) is 5. The van der Waals surface area contributed by atoms with Crippen LogP contribution in [0.2, 0.25) is 0 Å². The zero-order valence-electron chi connectivity index (χ0n) is 13.4. The fourth-order valence-corrected chi connectivity index (χ4v) is 4.22. The van der Waals surface area contributed by atoms with Gasteiger partial charge >= 0.3 is 0 Å². The second-order valence-electron chi connectivity index (χ2n) is 6.18. The van der Waals surface area contributed by atoms with Gasteiger partial charge in [0, 0.05) is 38.1 Å². The first-order valence-corrected chi connectivity index (χ1v) is 8.85. The summed E-state index contributed by atoms with van der Waals surface area (Å²) in [5.74, 6) is 0.259. The Morgan fingerprint density at radius 1 is 1.41 bits per heavy atom. The van der Waals surface area contributed by atoms with Crippen molar-refractivity contribution in [2.45, 2.75) is 18.5 Å². The first kappa shape index (κ1) is 15.9. The molecule has 0 bridgehead atoms. The number of rotatable bonds is 5. The Balaban J connectivity index is 1.71. The van der Waals surface area contributed by atoms with E-state index in [9.17, 15) is 4.79 Å². The van der Waals surface area contributed by atoms with Crippen LogP contribution < -0.4 is 0 Å². The first-order chi connectivity index (χ1) is 10.7. The second-order valence-corrected chi connectivity index (χ2v) is 7.16. The molecule has 3 rings (SSSR count). The lowest BCUT2D eigenvalue weighted by Crippen LogP contribution is -2.46. The molecule has 0 spiro atoms. The number of carbonyl (C=O) groups excluding carboxylic acids is 1. The maximum absolute atomic E-state index is 12.2. The Morgan fingerprint density at radius 3 is 2.77 bits per heavy atom. The zero-order chi connectivity index (χ0) is 15.5. The number of carbonyl (C=O) groups is 1. The van der Waals surface area contributed by atoms with Gasteiger partial charge in [0.25, 0.3) is 0 Å². The maximum Gasteiger partial charge on any atom is 0.239 e. The van der Waals surface area contributed by atoms with Crippen LogP contribution in [0.25, 0.3) is 0 Å². The minimum Gasteiger partial charge on any atom is -0.379 e. The highest BCUT2D eigenvalue weighted by Crippen LogP contribution is 2.28. The number of ether oxygens (including phenoxy) is 1. The van der Waals surface area contributed by atoms with Crippen molar-refractivity contribution in [3.63, 3.8) is 0 Å². The third-order valence-corrected chi connectivity index (χ3v) is 5.72. The molecule has 1 aromatic rings. The highest BCUT2D eigenvalue weighted by Gasteiger charge is 2.34. The minimum absolute atomic E-state index is 0.0357. The number of thiophene rings is 1. The van der Waals surface area contributed by atoms with Crippen molar-refractivity contribution in [3.8, 4) is 0 Å². The van der Waals surface area contributed by atoms with Crippen molar-refractivity contribution in [2.24, 2.45) is 0 Å². The van der Waals surface area contributed by atoms with E-state index in [-0.39, 0.29) is 11.9 Å². The highest BCUT2D eigenvalue weighted by atomic mass is 32.1. The van der Waals surface area contributed by atoms with E-state index in [4.69, 9.17) is 4.74 Å². The Hall–Kier alpha value is -0.950. The van der Waals surface area contributed by atoms with Gasteiger partial charge in [0.1, 0.15) is 0 Å². The summed E-state index contributed by atoms with van der Waals surface area (Å²) in [4.78, 5) is 20.2. The molecule has 0 radical (unpaired) electrons. The fraction of sp³-hybridized carbons (Fsp3) is 0.688. The summed E-state index contributed by atoms with van der Waals surface area (Å²) in [6, 6.07) is 4.71. The van der Waals surface area contributed by atoms with E-state index < -0.39 is 0 Å². The van der Waals surface area contributed by atoms with Gasteiger partial charge in [0.05, 0.1) is 25.3 Å². The number of hydrogen-bond donors (Lipinski definition) is 0. The first-order valence-electron chi connectivity index (χ1n) is 7.97. The lowest BCUT2D eigenvalue weighted by atomic mass is 10.1. The summed E-state index contributed by atoms with van der Waals surface area (Å²) in [6.45, 7) is 5.30. The smallest absolute Gasteiger partial charge is 0.239 e. The molecule has 3 heterocycles. The van der Waals surface area contributed by atoms with Gasteiger partial charge in [0.2, 0.25) is 5.91 Å². The average Bonchev–Trinajstić information content (AvgIpc) is 3.17. The van der Waals surface area contributed by atoms with Crippen LogP contribution in [-0.2, 0) is 9.53 Å². The van der Waals surface area contributed by atoms with Gasteiger partial charge in [-0.25, -0.2) is 0 Å². The van der Waals surface area contributed by atoms with Gasteiger partial charge < -0.3 is 9.64 Å². The molecule has 0 saturated carbocycles. The normalized spacial score (nSPS) is 25.1. The average molecular weight is 323 g/mol. The van der Waals surface area contributed by atoms with Gasteiger partial charge in [-0.2, -0.15) is 0 Å². The standard InChI is InChI=1S/C16H25N3O2S/c1-17-6-5-13(16(17)20)18(2)12-14(15-4-3-11-22-15)19-7-9-21-10-8-19/h3-4,11,13-14H,5-10,12H2,1-2H3/t13-,14+/m0/s1. The van der Waals surface area contributed by atoms with Gasteiger partial charge in [-0.3, -0.25) is 14.6 Å². The van der Waals surface area contributed by atoms with Crippen molar-refractivity contribution >= 4 is 17.2 Å². The summed E-state index contributed by atoms with van der Waals surface area (Å²) in [7, 11) is 3.98. The molecule has 0 unspecified atom stereocenters. The largest absolute Gasteiger partial charge is 0.379 e. The van der Waals surface area contributed by atoms with Crippen molar-refractivity contribution < 1.29 is 9.53 Å². The van der Waals surface area contributed by atoms with Crippen molar-refractivity contribution in [3.05, 3.63) is 22.4 Å². The van der Waals surface area contributed by atoms with Crippen LogP contribution in [0.5, 0.6) is 0 Å². The second kappa shape index (κ2) is 7.08. The highest BCUT2D eigenvalue weighted by molar-refractivity contribution is 7.10. The molecular formula is C16H25N3O2S. The molecule has 0 N–H and O–H groups in total. The number of likely N-dealkylation sites (tertiary alicyclic amines) is 1. The molecule has 22 heavy (non-hydrogen) atoms. The van der Waals surface area contributed by atoms with Crippen LogP contribution in [0, 0.1) is 0 Å². The summed E-state index contributed by atoms with van der Waals surface area (Å²) in [5, 5.41) is 2.14. The molecular weight excluding hydrogens is 298 g/mol.